The molecule has 0 spiro atoms. The maximum atomic E-state index is 5.87. The first-order chi connectivity index (χ1) is 9.34. The highest BCUT2D eigenvalue weighted by atomic mass is 35.5. The highest BCUT2D eigenvalue weighted by Crippen LogP contribution is 2.20. The molecule has 0 atom stereocenters. The molecule has 0 saturated carbocycles. The van der Waals surface area contributed by atoms with Crippen LogP contribution < -0.4 is 0 Å². The standard InChI is InChI=1S/C8H6ClN.C8H7N/c9-7-3-1-2-6-4-5-10-8(6)7;1-2-4-8-7(3-1)5-6-9-8/h1-5,10H;1-6,9H. The van der Waals surface area contributed by atoms with Crippen LogP contribution >= 0.6 is 11.6 Å². The SMILES string of the molecule is Clc1cccc2cc[nH]c12.c1ccc2[nH]ccc2c1. The first-order valence-electron chi connectivity index (χ1n) is 6.08. The van der Waals surface area contributed by atoms with Gasteiger partial charge < -0.3 is 9.97 Å². The van der Waals surface area contributed by atoms with Crippen LogP contribution in [0.4, 0.5) is 0 Å². The molecule has 0 amide bonds. The zero-order valence-electron chi connectivity index (χ0n) is 10.2. The van der Waals surface area contributed by atoms with Gasteiger partial charge in [0.1, 0.15) is 0 Å². The van der Waals surface area contributed by atoms with Gasteiger partial charge in [0.15, 0.2) is 0 Å². The van der Waals surface area contributed by atoms with Crippen molar-refractivity contribution in [3.8, 4) is 0 Å². The van der Waals surface area contributed by atoms with Crippen LogP contribution in [0, 0.1) is 0 Å². The number of hydrogen-bond donors (Lipinski definition) is 2. The van der Waals surface area contributed by atoms with Crippen molar-refractivity contribution in [3.63, 3.8) is 0 Å². The van der Waals surface area contributed by atoms with Crippen LogP contribution in [0.2, 0.25) is 5.02 Å². The summed E-state index contributed by atoms with van der Waals surface area (Å²) >= 11 is 5.87. The number of aromatic nitrogens is 2. The van der Waals surface area contributed by atoms with E-state index in [4.69, 9.17) is 11.6 Å². The van der Waals surface area contributed by atoms with E-state index in [2.05, 4.69) is 28.2 Å². The van der Waals surface area contributed by atoms with Crippen molar-refractivity contribution in [2.24, 2.45) is 0 Å². The lowest BCUT2D eigenvalue weighted by Crippen LogP contribution is -1.67. The smallest absolute Gasteiger partial charge is 0.0647 e. The molecule has 0 aliphatic heterocycles. The molecule has 0 radical (unpaired) electrons. The normalized spacial score (nSPS) is 10.4. The Bertz CT molecular complexity index is 768. The van der Waals surface area contributed by atoms with Crippen LogP contribution in [0.15, 0.2) is 67.0 Å². The average molecular weight is 269 g/mol. The summed E-state index contributed by atoms with van der Waals surface area (Å²) in [7, 11) is 0. The molecular weight excluding hydrogens is 256 g/mol. The Hall–Kier alpha value is -2.19. The van der Waals surface area contributed by atoms with Gasteiger partial charge in [-0.3, -0.25) is 0 Å². The van der Waals surface area contributed by atoms with Gasteiger partial charge >= 0.3 is 0 Å². The van der Waals surface area contributed by atoms with E-state index in [1.165, 1.54) is 10.9 Å². The molecule has 0 fully saturated rings. The minimum atomic E-state index is 0.780. The molecule has 0 bridgehead atoms. The van der Waals surface area contributed by atoms with E-state index in [9.17, 15) is 0 Å². The second kappa shape index (κ2) is 5.21. The molecule has 3 heteroatoms. The van der Waals surface area contributed by atoms with Gasteiger partial charge in [0, 0.05) is 23.3 Å². The fraction of sp³-hybridized carbons (Fsp3) is 0. The molecule has 4 rings (SSSR count). The number of halogens is 1. The van der Waals surface area contributed by atoms with Crippen LogP contribution in [-0.4, -0.2) is 9.97 Å². The van der Waals surface area contributed by atoms with E-state index in [0.717, 1.165) is 15.9 Å². The number of fused-ring (bicyclic) bond motifs is 2. The van der Waals surface area contributed by atoms with Crippen molar-refractivity contribution in [3.05, 3.63) is 72.0 Å². The molecule has 94 valence electrons. The van der Waals surface area contributed by atoms with Gasteiger partial charge in [-0.25, -0.2) is 0 Å². The molecule has 2 nitrogen and oxygen atoms in total. The minimum absolute atomic E-state index is 0.780. The van der Waals surface area contributed by atoms with Gasteiger partial charge in [0.05, 0.1) is 10.5 Å². The van der Waals surface area contributed by atoms with Crippen molar-refractivity contribution in [1.29, 1.82) is 0 Å². The van der Waals surface area contributed by atoms with E-state index in [-0.39, 0.29) is 0 Å². The monoisotopic (exact) mass is 268 g/mol. The number of aromatic amines is 2. The highest BCUT2D eigenvalue weighted by Gasteiger charge is 1.95. The molecule has 2 N–H and O–H groups in total. The zero-order valence-corrected chi connectivity index (χ0v) is 11.0. The second-order valence-electron chi connectivity index (χ2n) is 4.25. The van der Waals surface area contributed by atoms with Gasteiger partial charge in [-0.2, -0.15) is 0 Å². The number of para-hydroxylation sites is 2. The summed E-state index contributed by atoms with van der Waals surface area (Å²) in [4.78, 5) is 6.18. The highest BCUT2D eigenvalue weighted by molar-refractivity contribution is 6.35. The average Bonchev–Trinajstić information content (AvgIpc) is 3.08. The molecular formula is C16H13ClN2. The van der Waals surface area contributed by atoms with E-state index < -0.39 is 0 Å². The van der Waals surface area contributed by atoms with Crippen LogP contribution in [0.25, 0.3) is 21.8 Å². The third-order valence-corrected chi connectivity index (χ3v) is 3.31. The summed E-state index contributed by atoms with van der Waals surface area (Å²) in [6.45, 7) is 0. The van der Waals surface area contributed by atoms with Crippen LogP contribution in [-0.2, 0) is 0 Å². The van der Waals surface area contributed by atoms with Crippen molar-refractivity contribution in [1.82, 2.24) is 9.97 Å². The molecule has 2 heterocycles. The van der Waals surface area contributed by atoms with Crippen LogP contribution in [0.1, 0.15) is 0 Å². The summed E-state index contributed by atoms with van der Waals surface area (Å²) in [5, 5.41) is 3.22. The van der Waals surface area contributed by atoms with Crippen molar-refractivity contribution >= 4 is 33.4 Å². The second-order valence-corrected chi connectivity index (χ2v) is 4.65. The first kappa shape index (κ1) is 11.9. The third-order valence-electron chi connectivity index (χ3n) is 3.00. The van der Waals surface area contributed by atoms with Crippen molar-refractivity contribution < 1.29 is 0 Å². The fourth-order valence-corrected chi connectivity index (χ4v) is 2.28. The topological polar surface area (TPSA) is 31.6 Å². The Morgan fingerprint density at radius 3 is 2.26 bits per heavy atom. The Kier molecular flexibility index (Phi) is 3.25. The maximum Gasteiger partial charge on any atom is 0.0647 e. The Morgan fingerprint density at radius 2 is 1.42 bits per heavy atom. The molecule has 2 aromatic heterocycles. The summed E-state index contributed by atoms with van der Waals surface area (Å²) in [6.07, 6.45) is 3.83. The van der Waals surface area contributed by atoms with Crippen molar-refractivity contribution in [2.75, 3.05) is 0 Å². The van der Waals surface area contributed by atoms with E-state index >= 15 is 0 Å². The number of benzene rings is 2. The summed E-state index contributed by atoms with van der Waals surface area (Å²) in [5.74, 6) is 0. The zero-order chi connectivity index (χ0) is 13.1. The lowest BCUT2D eigenvalue weighted by Gasteiger charge is -1.90. The number of hydrogen-bond acceptors (Lipinski definition) is 0. The van der Waals surface area contributed by atoms with Crippen molar-refractivity contribution in [2.45, 2.75) is 0 Å². The van der Waals surface area contributed by atoms with Gasteiger partial charge in [0.2, 0.25) is 0 Å². The van der Waals surface area contributed by atoms with Gasteiger partial charge in [-0.1, -0.05) is 41.9 Å². The molecule has 4 aromatic rings. The summed E-state index contributed by atoms with van der Waals surface area (Å²) in [6, 6.07) is 18.1. The summed E-state index contributed by atoms with van der Waals surface area (Å²) < 4.78 is 0. The lowest BCUT2D eigenvalue weighted by molar-refractivity contribution is 1.48. The molecule has 2 aromatic carbocycles. The van der Waals surface area contributed by atoms with Gasteiger partial charge in [-0.05, 0) is 29.7 Å². The Morgan fingerprint density at radius 1 is 0.684 bits per heavy atom. The Labute approximate surface area is 116 Å². The van der Waals surface area contributed by atoms with E-state index in [1.54, 1.807) is 0 Å². The number of H-pyrrole nitrogens is 2. The predicted molar refractivity (Wildman–Crippen MR) is 81.6 cm³/mol. The Balaban J connectivity index is 0.000000117. The fourth-order valence-electron chi connectivity index (χ4n) is 2.04. The minimum Gasteiger partial charge on any atom is -0.361 e. The molecule has 0 saturated heterocycles. The number of rotatable bonds is 0. The van der Waals surface area contributed by atoms with Crippen LogP contribution in [0.5, 0.6) is 0 Å². The molecule has 0 aliphatic rings. The largest absolute Gasteiger partial charge is 0.361 e. The summed E-state index contributed by atoms with van der Waals surface area (Å²) in [5.41, 5.74) is 2.22. The van der Waals surface area contributed by atoms with E-state index in [1.807, 2.05) is 48.8 Å². The lowest BCUT2D eigenvalue weighted by atomic mass is 10.2. The van der Waals surface area contributed by atoms with Crippen LogP contribution in [0.3, 0.4) is 0 Å². The molecule has 0 aliphatic carbocycles. The first-order valence-corrected chi connectivity index (χ1v) is 6.46. The molecule has 19 heavy (non-hydrogen) atoms. The molecule has 0 unspecified atom stereocenters. The number of nitrogens with one attached hydrogen (secondary N) is 2. The van der Waals surface area contributed by atoms with E-state index in [0.29, 0.717) is 0 Å². The third kappa shape index (κ3) is 2.49. The predicted octanol–water partition coefficient (Wildman–Crippen LogP) is 4.99. The van der Waals surface area contributed by atoms with Gasteiger partial charge in [-0.15, -0.1) is 0 Å². The quantitative estimate of drug-likeness (QED) is 0.450. The van der Waals surface area contributed by atoms with Gasteiger partial charge in [0.25, 0.3) is 0 Å². The maximum absolute atomic E-state index is 5.87.